The molecule has 0 bridgehead atoms. The van der Waals surface area contributed by atoms with E-state index in [1.54, 1.807) is 12.1 Å². The van der Waals surface area contributed by atoms with Gasteiger partial charge in [-0.1, -0.05) is 36.4 Å². The molecule has 26 heavy (non-hydrogen) atoms. The molecule has 0 amide bonds. The van der Waals surface area contributed by atoms with Crippen molar-refractivity contribution >= 4 is 34.6 Å². The Labute approximate surface area is 148 Å². The lowest BCUT2D eigenvalue weighted by Crippen LogP contribution is -2.28. The topological polar surface area (TPSA) is 81.4 Å². The van der Waals surface area contributed by atoms with Gasteiger partial charge in [-0.3, -0.25) is 4.85 Å². The molecule has 1 atom stereocenters. The first-order valence-electron chi connectivity index (χ1n) is 7.78. The molecule has 7 nitrogen and oxygen atoms in total. The zero-order valence-corrected chi connectivity index (χ0v) is 13.7. The van der Waals surface area contributed by atoms with Crippen LogP contribution in [-0.2, 0) is 9.53 Å². The van der Waals surface area contributed by atoms with Gasteiger partial charge in [-0.2, -0.15) is 9.98 Å². The van der Waals surface area contributed by atoms with Crippen molar-refractivity contribution in [1.82, 2.24) is 4.98 Å². The molecule has 2 aromatic carbocycles. The van der Waals surface area contributed by atoms with Crippen molar-refractivity contribution in [2.45, 2.75) is 6.04 Å². The number of fused-ring (bicyclic) bond motifs is 2. The summed E-state index contributed by atoms with van der Waals surface area (Å²) in [6.45, 7) is 7.33. The maximum absolute atomic E-state index is 11.9. The summed E-state index contributed by atoms with van der Waals surface area (Å²) in [5.41, 5.74) is 3.01. The highest BCUT2D eigenvalue weighted by Crippen LogP contribution is 2.27. The van der Waals surface area contributed by atoms with Crippen molar-refractivity contribution < 1.29 is 13.9 Å². The molecule has 0 spiro atoms. The number of carbonyl (C=O) groups excluding carboxylic acids is 1. The number of rotatable bonds is 3. The summed E-state index contributed by atoms with van der Waals surface area (Å²) in [4.78, 5) is 28.4. The number of hydrogen-bond donors (Lipinski definition) is 0. The van der Waals surface area contributed by atoms with Crippen molar-refractivity contribution in [2.75, 3.05) is 7.11 Å². The molecular weight excluding hydrogens is 332 g/mol. The summed E-state index contributed by atoms with van der Waals surface area (Å²) in [6, 6.07) is 13.6. The highest BCUT2D eigenvalue weighted by atomic mass is 16.5. The van der Waals surface area contributed by atoms with E-state index in [9.17, 15) is 4.79 Å². The number of methoxy groups -OCH3 is 1. The van der Waals surface area contributed by atoms with Crippen LogP contribution in [0.2, 0.25) is 0 Å². The lowest BCUT2D eigenvalue weighted by atomic mass is 10.0. The number of para-hydroxylation sites is 2. The van der Waals surface area contributed by atoms with Crippen LogP contribution in [0.15, 0.2) is 62.9 Å². The van der Waals surface area contributed by atoms with Crippen LogP contribution in [0.4, 0.5) is 6.01 Å². The second kappa shape index (κ2) is 6.26. The zero-order chi connectivity index (χ0) is 18.1. The molecule has 126 valence electrons. The van der Waals surface area contributed by atoms with Crippen molar-refractivity contribution in [2.24, 2.45) is 9.98 Å². The predicted molar refractivity (Wildman–Crippen MR) is 95.6 cm³/mol. The van der Waals surface area contributed by atoms with E-state index in [-0.39, 0.29) is 6.01 Å². The number of oxazole rings is 1. The van der Waals surface area contributed by atoms with E-state index in [2.05, 4.69) is 19.8 Å². The van der Waals surface area contributed by atoms with E-state index >= 15 is 0 Å². The molecule has 2 heterocycles. The molecule has 1 aliphatic heterocycles. The van der Waals surface area contributed by atoms with E-state index in [0.717, 1.165) is 0 Å². The molecule has 1 aliphatic rings. The molecular formula is C19H12N4O3. The van der Waals surface area contributed by atoms with Crippen LogP contribution in [0.25, 0.3) is 15.9 Å². The molecule has 3 aromatic rings. The first-order chi connectivity index (χ1) is 12.7. The van der Waals surface area contributed by atoms with Gasteiger partial charge in [0, 0.05) is 11.1 Å². The van der Waals surface area contributed by atoms with Gasteiger partial charge < -0.3 is 9.15 Å². The number of benzene rings is 2. The molecule has 1 unspecified atom stereocenters. The van der Waals surface area contributed by atoms with Crippen LogP contribution >= 0.6 is 0 Å². The largest absolute Gasteiger partial charge is 0.463 e. The van der Waals surface area contributed by atoms with E-state index in [1.807, 2.05) is 36.4 Å². The summed E-state index contributed by atoms with van der Waals surface area (Å²) >= 11 is 0. The number of amidine groups is 1. The molecule has 7 heteroatoms. The van der Waals surface area contributed by atoms with Crippen molar-refractivity contribution in [1.29, 1.82) is 0 Å². The van der Waals surface area contributed by atoms with Gasteiger partial charge in [0.15, 0.2) is 11.4 Å². The number of carbonyl (C=O) groups is 1. The van der Waals surface area contributed by atoms with E-state index in [1.165, 1.54) is 7.11 Å². The smallest absolute Gasteiger partial charge is 0.396 e. The molecule has 1 aromatic heterocycles. The molecule has 0 saturated heterocycles. The van der Waals surface area contributed by atoms with Crippen LogP contribution in [0.3, 0.4) is 0 Å². The standard InChI is InChI=1S/C19H12N4O3/c1-20-16(18(24)25-2)15-11-7-3-4-8-12(11)17(22-15)23-19-21-13-9-5-6-10-14(13)26-19/h3-10,16H,2H3. The average Bonchev–Trinajstić information content (AvgIpc) is 3.24. The van der Waals surface area contributed by atoms with Gasteiger partial charge >= 0.3 is 18.0 Å². The van der Waals surface area contributed by atoms with Crippen LogP contribution < -0.4 is 0 Å². The van der Waals surface area contributed by atoms with E-state index in [4.69, 9.17) is 15.7 Å². The summed E-state index contributed by atoms with van der Waals surface area (Å²) in [6.07, 6.45) is 0. The second-order valence-corrected chi connectivity index (χ2v) is 5.50. The molecule has 0 aliphatic carbocycles. The Bertz CT molecular complexity index is 1090. The van der Waals surface area contributed by atoms with Crippen molar-refractivity contribution in [3.8, 4) is 0 Å². The first kappa shape index (κ1) is 15.7. The molecule has 4 rings (SSSR count). The van der Waals surface area contributed by atoms with Crippen LogP contribution in [-0.4, -0.2) is 35.7 Å². The van der Waals surface area contributed by atoms with E-state index < -0.39 is 12.0 Å². The third kappa shape index (κ3) is 2.54. The highest BCUT2D eigenvalue weighted by molar-refractivity contribution is 6.29. The third-order valence-electron chi connectivity index (χ3n) is 3.97. The number of aromatic nitrogens is 1. The molecule has 0 saturated carbocycles. The SMILES string of the molecule is [C-]#[N+]C(C(=O)OC)C1=NC(=Nc2nc3ccccc3o2)c2ccccc21. The van der Waals surface area contributed by atoms with Gasteiger partial charge in [0.2, 0.25) is 0 Å². The van der Waals surface area contributed by atoms with Crippen LogP contribution in [0.5, 0.6) is 0 Å². The van der Waals surface area contributed by atoms with Gasteiger partial charge in [-0.15, -0.1) is 0 Å². The maximum atomic E-state index is 11.9. The third-order valence-corrected chi connectivity index (χ3v) is 3.97. The predicted octanol–water partition coefficient (Wildman–Crippen LogP) is 3.17. The van der Waals surface area contributed by atoms with Crippen LogP contribution in [0, 0.1) is 6.57 Å². The van der Waals surface area contributed by atoms with Crippen LogP contribution in [0.1, 0.15) is 11.1 Å². The summed E-state index contributed by atoms with van der Waals surface area (Å²) in [7, 11) is 1.25. The Hall–Kier alpha value is -3.79. The lowest BCUT2D eigenvalue weighted by molar-refractivity contribution is -0.139. The van der Waals surface area contributed by atoms with Crippen molar-refractivity contribution in [3.05, 3.63) is 71.1 Å². The minimum atomic E-state index is -1.14. The fraction of sp³-hybridized carbons (Fsp3) is 0.105. The maximum Gasteiger partial charge on any atom is 0.396 e. The Morgan fingerprint density at radius 3 is 2.65 bits per heavy atom. The average molecular weight is 344 g/mol. The van der Waals surface area contributed by atoms with Gasteiger partial charge in [0.25, 0.3) is 0 Å². The fourth-order valence-corrected chi connectivity index (χ4v) is 2.77. The second-order valence-electron chi connectivity index (χ2n) is 5.50. The number of ether oxygens (including phenoxy) is 1. The number of esters is 1. The minimum absolute atomic E-state index is 0.165. The number of hydrogen-bond acceptors (Lipinski definition) is 5. The summed E-state index contributed by atoms with van der Waals surface area (Å²) < 4.78 is 10.3. The normalized spacial score (nSPS) is 15.4. The molecule has 0 N–H and O–H groups in total. The Kier molecular flexibility index (Phi) is 3.78. The quantitative estimate of drug-likeness (QED) is 0.540. The lowest BCUT2D eigenvalue weighted by Gasteiger charge is -2.04. The van der Waals surface area contributed by atoms with Crippen molar-refractivity contribution in [3.63, 3.8) is 0 Å². The summed E-state index contributed by atoms with van der Waals surface area (Å²) in [5, 5.41) is 0. The Morgan fingerprint density at radius 2 is 1.92 bits per heavy atom. The Morgan fingerprint density at radius 1 is 1.19 bits per heavy atom. The first-order valence-corrected chi connectivity index (χ1v) is 7.78. The van der Waals surface area contributed by atoms with Gasteiger partial charge in [-0.25, -0.2) is 16.4 Å². The van der Waals surface area contributed by atoms with Gasteiger partial charge in [-0.05, 0) is 12.1 Å². The Balaban J connectivity index is 1.83. The molecule has 0 radical (unpaired) electrons. The minimum Gasteiger partial charge on any atom is -0.463 e. The van der Waals surface area contributed by atoms with Gasteiger partial charge in [0.1, 0.15) is 11.2 Å². The highest BCUT2D eigenvalue weighted by Gasteiger charge is 2.37. The monoisotopic (exact) mass is 344 g/mol. The number of aliphatic imine (C=N–C) groups is 2. The fourth-order valence-electron chi connectivity index (χ4n) is 2.77. The molecule has 0 fully saturated rings. The van der Waals surface area contributed by atoms with E-state index in [0.29, 0.717) is 33.8 Å². The van der Waals surface area contributed by atoms with Gasteiger partial charge in [0.05, 0.1) is 7.11 Å². The zero-order valence-electron chi connectivity index (χ0n) is 13.7. The number of nitrogens with zero attached hydrogens (tertiary/aromatic N) is 4. The summed E-state index contributed by atoms with van der Waals surface area (Å²) in [5.74, 6) is -0.309.